The molecule has 0 aliphatic carbocycles. The molecule has 0 spiro atoms. The van der Waals surface area contributed by atoms with Crippen molar-refractivity contribution in [2.24, 2.45) is 0 Å². The summed E-state index contributed by atoms with van der Waals surface area (Å²) in [4.78, 5) is 13.7. The minimum absolute atomic E-state index is 0.0313. The Kier molecular flexibility index (Phi) is 5.85. The minimum atomic E-state index is -0.144. The van der Waals surface area contributed by atoms with Crippen LogP contribution in [0.4, 0.5) is 0 Å². The van der Waals surface area contributed by atoms with Gasteiger partial charge in [0, 0.05) is 19.2 Å². The van der Waals surface area contributed by atoms with Crippen LogP contribution in [0.15, 0.2) is 18.2 Å². The Morgan fingerprint density at radius 1 is 1.40 bits per heavy atom. The summed E-state index contributed by atoms with van der Waals surface area (Å²) in [6, 6.07) is 7.10. The molecule has 1 aromatic rings. The van der Waals surface area contributed by atoms with Crippen molar-refractivity contribution in [1.82, 2.24) is 4.90 Å². The molecule has 0 saturated heterocycles. The third-order valence-corrected chi connectivity index (χ3v) is 2.68. The number of ether oxygens (including phenoxy) is 2. The van der Waals surface area contributed by atoms with Crippen LogP contribution in [-0.2, 0) is 0 Å². The topological polar surface area (TPSA) is 62.6 Å². The van der Waals surface area contributed by atoms with Gasteiger partial charge in [0.05, 0.1) is 25.7 Å². The van der Waals surface area contributed by atoms with Crippen LogP contribution in [-0.4, -0.2) is 37.6 Å². The van der Waals surface area contributed by atoms with Gasteiger partial charge in [-0.25, -0.2) is 0 Å². The van der Waals surface area contributed by atoms with E-state index >= 15 is 0 Å². The maximum atomic E-state index is 12.2. The molecule has 0 saturated carbocycles. The Hall–Kier alpha value is -2.22. The van der Waals surface area contributed by atoms with Gasteiger partial charge in [-0.05, 0) is 32.0 Å². The summed E-state index contributed by atoms with van der Waals surface area (Å²) in [5.74, 6) is 0.992. The van der Waals surface area contributed by atoms with Gasteiger partial charge in [0.1, 0.15) is 0 Å². The quantitative estimate of drug-likeness (QED) is 0.800. The molecule has 0 fully saturated rings. The molecular formula is C15H20N2O3. The van der Waals surface area contributed by atoms with E-state index in [1.807, 2.05) is 19.9 Å². The molecule has 108 valence electrons. The molecule has 0 bridgehead atoms. The van der Waals surface area contributed by atoms with Gasteiger partial charge >= 0.3 is 0 Å². The van der Waals surface area contributed by atoms with E-state index in [0.717, 1.165) is 0 Å². The van der Waals surface area contributed by atoms with E-state index < -0.39 is 0 Å². The van der Waals surface area contributed by atoms with Crippen LogP contribution in [0.2, 0.25) is 0 Å². The van der Waals surface area contributed by atoms with Crippen molar-refractivity contribution < 1.29 is 14.3 Å². The SMILES string of the molecule is COc1cc(C(=O)N(C)CCC#N)ccc1OC(C)C. The van der Waals surface area contributed by atoms with E-state index in [-0.39, 0.29) is 12.0 Å². The zero-order chi connectivity index (χ0) is 15.1. The first-order chi connectivity index (χ1) is 9.49. The third kappa shape index (κ3) is 4.16. The van der Waals surface area contributed by atoms with Gasteiger partial charge in [-0.1, -0.05) is 0 Å². The third-order valence-electron chi connectivity index (χ3n) is 2.68. The molecule has 0 unspecified atom stereocenters. The number of nitrogens with zero attached hydrogens (tertiary/aromatic N) is 2. The number of carbonyl (C=O) groups is 1. The lowest BCUT2D eigenvalue weighted by Crippen LogP contribution is -2.27. The Balaban J connectivity index is 2.92. The summed E-state index contributed by atoms with van der Waals surface area (Å²) in [5, 5.41) is 8.55. The normalized spacial score (nSPS) is 10.0. The van der Waals surface area contributed by atoms with Crippen molar-refractivity contribution in [3.63, 3.8) is 0 Å². The molecule has 20 heavy (non-hydrogen) atoms. The first-order valence-electron chi connectivity index (χ1n) is 6.46. The molecule has 0 aliphatic heterocycles. The van der Waals surface area contributed by atoms with E-state index in [2.05, 4.69) is 0 Å². The summed E-state index contributed by atoms with van der Waals surface area (Å²) < 4.78 is 10.9. The molecule has 0 N–H and O–H groups in total. The van der Waals surface area contributed by atoms with Crippen molar-refractivity contribution >= 4 is 5.91 Å². The smallest absolute Gasteiger partial charge is 0.253 e. The number of amides is 1. The predicted molar refractivity (Wildman–Crippen MR) is 75.9 cm³/mol. The van der Waals surface area contributed by atoms with Crippen LogP contribution >= 0.6 is 0 Å². The number of benzene rings is 1. The average molecular weight is 276 g/mol. The van der Waals surface area contributed by atoms with Crippen LogP contribution in [0, 0.1) is 11.3 Å². The molecule has 5 heteroatoms. The lowest BCUT2D eigenvalue weighted by Gasteiger charge is -2.18. The van der Waals surface area contributed by atoms with Crippen LogP contribution in [0.25, 0.3) is 0 Å². The van der Waals surface area contributed by atoms with Gasteiger partial charge < -0.3 is 14.4 Å². The fraction of sp³-hybridized carbons (Fsp3) is 0.467. The highest BCUT2D eigenvalue weighted by Crippen LogP contribution is 2.29. The molecular weight excluding hydrogens is 256 g/mol. The Morgan fingerprint density at radius 2 is 2.10 bits per heavy atom. The second-order valence-corrected chi connectivity index (χ2v) is 4.67. The first kappa shape index (κ1) is 15.8. The number of methoxy groups -OCH3 is 1. The van der Waals surface area contributed by atoms with E-state index in [1.165, 1.54) is 12.0 Å². The van der Waals surface area contributed by atoms with Gasteiger partial charge in [-0.15, -0.1) is 0 Å². The highest BCUT2D eigenvalue weighted by molar-refractivity contribution is 5.94. The van der Waals surface area contributed by atoms with Gasteiger partial charge in [-0.3, -0.25) is 4.79 Å². The zero-order valence-electron chi connectivity index (χ0n) is 12.3. The lowest BCUT2D eigenvalue weighted by atomic mass is 10.1. The van der Waals surface area contributed by atoms with Gasteiger partial charge in [-0.2, -0.15) is 5.26 Å². The molecule has 1 amide bonds. The van der Waals surface area contributed by atoms with Crippen LogP contribution < -0.4 is 9.47 Å². The summed E-state index contributed by atoms with van der Waals surface area (Å²) in [6.07, 6.45) is 0.345. The van der Waals surface area contributed by atoms with E-state index in [0.29, 0.717) is 30.0 Å². The molecule has 0 aliphatic rings. The largest absolute Gasteiger partial charge is 0.493 e. The predicted octanol–water partition coefficient (Wildman–Crippen LogP) is 2.47. The van der Waals surface area contributed by atoms with Crippen LogP contribution in [0.3, 0.4) is 0 Å². The second-order valence-electron chi connectivity index (χ2n) is 4.67. The highest BCUT2D eigenvalue weighted by Gasteiger charge is 2.15. The number of hydrogen-bond acceptors (Lipinski definition) is 4. The van der Waals surface area contributed by atoms with Crippen molar-refractivity contribution in [3.05, 3.63) is 23.8 Å². The van der Waals surface area contributed by atoms with E-state index in [1.54, 1.807) is 25.2 Å². The minimum Gasteiger partial charge on any atom is -0.493 e. The first-order valence-corrected chi connectivity index (χ1v) is 6.46. The number of carbonyl (C=O) groups excluding carboxylic acids is 1. The Bertz CT molecular complexity index is 506. The Morgan fingerprint density at radius 3 is 2.65 bits per heavy atom. The van der Waals surface area contributed by atoms with Gasteiger partial charge in [0.2, 0.25) is 0 Å². The van der Waals surface area contributed by atoms with E-state index in [4.69, 9.17) is 14.7 Å². The molecule has 0 radical (unpaired) electrons. The van der Waals surface area contributed by atoms with Gasteiger partial charge in [0.15, 0.2) is 11.5 Å². The average Bonchev–Trinajstić information content (AvgIpc) is 2.43. The second kappa shape index (κ2) is 7.39. The standard InChI is InChI=1S/C15H20N2O3/c1-11(2)20-13-7-6-12(10-14(13)19-4)15(18)17(3)9-5-8-16/h6-7,10-11H,5,9H2,1-4H3. The monoisotopic (exact) mass is 276 g/mol. The van der Waals surface area contributed by atoms with Crippen molar-refractivity contribution in [2.75, 3.05) is 20.7 Å². The summed E-state index contributed by atoms with van der Waals surface area (Å²) >= 11 is 0. The summed E-state index contributed by atoms with van der Waals surface area (Å²) in [7, 11) is 3.21. The molecule has 1 aromatic carbocycles. The molecule has 5 nitrogen and oxygen atoms in total. The van der Waals surface area contributed by atoms with E-state index in [9.17, 15) is 4.79 Å². The molecule has 0 heterocycles. The maximum absolute atomic E-state index is 12.2. The number of hydrogen-bond donors (Lipinski definition) is 0. The fourth-order valence-corrected chi connectivity index (χ4v) is 1.69. The highest BCUT2D eigenvalue weighted by atomic mass is 16.5. The van der Waals surface area contributed by atoms with Crippen LogP contribution in [0.5, 0.6) is 11.5 Å². The van der Waals surface area contributed by atoms with Gasteiger partial charge in [0.25, 0.3) is 5.91 Å². The summed E-state index contributed by atoms with van der Waals surface area (Å²) in [5.41, 5.74) is 0.512. The zero-order valence-corrected chi connectivity index (χ0v) is 12.3. The van der Waals surface area contributed by atoms with Crippen molar-refractivity contribution in [2.45, 2.75) is 26.4 Å². The molecule has 0 atom stereocenters. The molecule has 0 aromatic heterocycles. The summed E-state index contributed by atoms with van der Waals surface area (Å²) in [6.45, 7) is 4.25. The maximum Gasteiger partial charge on any atom is 0.253 e. The number of rotatable bonds is 6. The number of nitriles is 1. The van der Waals surface area contributed by atoms with Crippen molar-refractivity contribution in [3.8, 4) is 17.6 Å². The van der Waals surface area contributed by atoms with Crippen molar-refractivity contribution in [1.29, 1.82) is 5.26 Å². The fourth-order valence-electron chi connectivity index (χ4n) is 1.69. The van der Waals surface area contributed by atoms with Crippen LogP contribution in [0.1, 0.15) is 30.6 Å². The molecule has 1 rings (SSSR count). The Labute approximate surface area is 119 Å². The lowest BCUT2D eigenvalue weighted by molar-refractivity contribution is 0.0797.